The molecule has 4 heteroatoms. The monoisotopic (exact) mass is 313 g/mol. The summed E-state index contributed by atoms with van der Waals surface area (Å²) in [6, 6.07) is 8.09. The molecule has 0 bridgehead atoms. The maximum absolute atomic E-state index is 5.29. The van der Waals surface area contributed by atoms with Gasteiger partial charge < -0.3 is 5.32 Å². The van der Waals surface area contributed by atoms with Crippen molar-refractivity contribution in [3.63, 3.8) is 0 Å². The Morgan fingerprint density at radius 3 is 2.59 bits per heavy atom. The van der Waals surface area contributed by atoms with Gasteiger partial charge in [-0.05, 0) is 69.5 Å². The van der Waals surface area contributed by atoms with Crippen molar-refractivity contribution in [2.45, 2.75) is 33.6 Å². The van der Waals surface area contributed by atoms with Crippen LogP contribution in [0.1, 0.15) is 32.3 Å². The van der Waals surface area contributed by atoms with Gasteiger partial charge in [0.1, 0.15) is 0 Å². The molecule has 1 aromatic rings. The number of thiocarbonyl (C=S) groups is 1. The van der Waals surface area contributed by atoms with E-state index in [1.165, 1.54) is 16.7 Å². The Kier molecular flexibility index (Phi) is 5.50. The van der Waals surface area contributed by atoms with Crippen LogP contribution in [-0.4, -0.2) is 10.8 Å². The van der Waals surface area contributed by atoms with Crippen molar-refractivity contribution in [1.82, 2.24) is 5.43 Å². The topological polar surface area (TPSA) is 36.4 Å². The molecule has 1 aliphatic rings. The fourth-order valence-electron chi connectivity index (χ4n) is 2.34. The molecule has 2 N–H and O–H groups in total. The lowest BCUT2D eigenvalue weighted by molar-refractivity contribution is 0.637. The van der Waals surface area contributed by atoms with Crippen LogP contribution in [0.4, 0.5) is 5.69 Å². The number of nitrogens with one attached hydrogen (secondary N) is 2. The van der Waals surface area contributed by atoms with Crippen LogP contribution < -0.4 is 10.7 Å². The molecule has 0 saturated heterocycles. The van der Waals surface area contributed by atoms with Crippen molar-refractivity contribution in [3.8, 4) is 0 Å². The standard InChI is InChI=1S/C18H23N3S/c1-12(2)15-8-7-14(4)17(11-15)20-21-18(22)19-16-9-5-13(3)6-10-16/h5-7,9-10,15H,1,8,11H2,2-4H3,(H2,19,21,22)/t15-/m1/s1. The lowest BCUT2D eigenvalue weighted by Crippen LogP contribution is -2.26. The first-order valence-corrected chi connectivity index (χ1v) is 7.89. The van der Waals surface area contributed by atoms with Gasteiger partial charge in [-0.3, -0.25) is 5.43 Å². The predicted molar refractivity (Wildman–Crippen MR) is 99.3 cm³/mol. The van der Waals surface area contributed by atoms with Crippen molar-refractivity contribution < 1.29 is 0 Å². The van der Waals surface area contributed by atoms with Crippen LogP contribution >= 0.6 is 12.2 Å². The summed E-state index contributed by atoms with van der Waals surface area (Å²) < 4.78 is 0. The third-order valence-corrected chi connectivity index (χ3v) is 4.10. The second-order valence-corrected chi connectivity index (χ2v) is 6.27. The molecule has 1 aliphatic carbocycles. The van der Waals surface area contributed by atoms with E-state index >= 15 is 0 Å². The molecule has 0 aromatic heterocycles. The molecule has 2 rings (SSSR count). The van der Waals surface area contributed by atoms with Crippen molar-refractivity contribution in [2.75, 3.05) is 5.32 Å². The Bertz CT molecular complexity index is 626. The molecule has 0 amide bonds. The summed E-state index contributed by atoms with van der Waals surface area (Å²) in [6.07, 6.45) is 4.18. The second-order valence-electron chi connectivity index (χ2n) is 5.86. The van der Waals surface area contributed by atoms with Crippen LogP contribution in [0, 0.1) is 12.8 Å². The van der Waals surface area contributed by atoms with Gasteiger partial charge in [0.25, 0.3) is 0 Å². The summed E-state index contributed by atoms with van der Waals surface area (Å²) in [4.78, 5) is 0. The minimum Gasteiger partial charge on any atom is -0.331 e. The average Bonchev–Trinajstić information content (AvgIpc) is 2.48. The van der Waals surface area contributed by atoms with E-state index in [2.05, 4.69) is 49.3 Å². The average molecular weight is 313 g/mol. The number of hydrogen-bond acceptors (Lipinski definition) is 2. The smallest absolute Gasteiger partial charge is 0.191 e. The number of aryl methyl sites for hydroxylation is 1. The van der Waals surface area contributed by atoms with E-state index in [4.69, 9.17) is 12.2 Å². The van der Waals surface area contributed by atoms with Crippen LogP contribution in [-0.2, 0) is 0 Å². The summed E-state index contributed by atoms with van der Waals surface area (Å²) in [5, 5.41) is 8.10. The van der Waals surface area contributed by atoms with Gasteiger partial charge in [-0.25, -0.2) is 0 Å². The van der Waals surface area contributed by atoms with E-state index < -0.39 is 0 Å². The number of anilines is 1. The van der Waals surface area contributed by atoms with Gasteiger partial charge in [-0.1, -0.05) is 35.9 Å². The van der Waals surface area contributed by atoms with E-state index in [1.54, 1.807) is 0 Å². The number of rotatable bonds is 3. The van der Waals surface area contributed by atoms with E-state index in [0.29, 0.717) is 11.0 Å². The number of benzene rings is 1. The maximum Gasteiger partial charge on any atom is 0.191 e. The van der Waals surface area contributed by atoms with E-state index in [9.17, 15) is 0 Å². The van der Waals surface area contributed by atoms with Gasteiger partial charge >= 0.3 is 0 Å². The zero-order chi connectivity index (χ0) is 16.1. The van der Waals surface area contributed by atoms with Crippen LogP contribution in [0.3, 0.4) is 0 Å². The maximum atomic E-state index is 5.29. The van der Waals surface area contributed by atoms with Crippen molar-refractivity contribution in [1.29, 1.82) is 0 Å². The van der Waals surface area contributed by atoms with Gasteiger partial charge in [-0.2, -0.15) is 5.10 Å². The molecule has 0 radical (unpaired) electrons. The molecule has 0 saturated carbocycles. The fraction of sp³-hybridized carbons (Fsp3) is 0.333. The number of allylic oxidation sites excluding steroid dienone is 3. The minimum atomic E-state index is 0.475. The number of hydrazone groups is 1. The van der Waals surface area contributed by atoms with Crippen LogP contribution in [0.15, 0.2) is 53.2 Å². The molecule has 22 heavy (non-hydrogen) atoms. The van der Waals surface area contributed by atoms with Crippen molar-refractivity contribution in [3.05, 3.63) is 53.6 Å². The molecular weight excluding hydrogens is 290 g/mol. The highest BCUT2D eigenvalue weighted by atomic mass is 32.1. The SMILES string of the molecule is C=C(C)[C@@H]1CC=C(C)C(=NNC(=S)Nc2ccc(C)cc2)C1. The third kappa shape index (κ3) is 4.53. The Hall–Kier alpha value is -1.94. The number of nitrogens with zero attached hydrogens (tertiary/aromatic N) is 1. The highest BCUT2D eigenvalue weighted by Gasteiger charge is 2.18. The molecule has 0 aliphatic heterocycles. The first kappa shape index (κ1) is 16.4. The highest BCUT2D eigenvalue weighted by molar-refractivity contribution is 7.80. The van der Waals surface area contributed by atoms with Gasteiger partial charge in [0, 0.05) is 5.69 Å². The van der Waals surface area contributed by atoms with E-state index in [0.717, 1.165) is 24.2 Å². The molecule has 3 nitrogen and oxygen atoms in total. The quantitative estimate of drug-likeness (QED) is 0.487. The largest absolute Gasteiger partial charge is 0.331 e. The zero-order valence-corrected chi connectivity index (χ0v) is 14.3. The Morgan fingerprint density at radius 1 is 1.27 bits per heavy atom. The Morgan fingerprint density at radius 2 is 1.95 bits per heavy atom. The molecule has 1 atom stereocenters. The van der Waals surface area contributed by atoms with Gasteiger partial charge in [-0.15, -0.1) is 0 Å². The minimum absolute atomic E-state index is 0.475. The second kappa shape index (κ2) is 7.36. The molecule has 1 aromatic carbocycles. The fourth-order valence-corrected chi connectivity index (χ4v) is 2.50. The summed E-state index contributed by atoms with van der Waals surface area (Å²) in [7, 11) is 0. The summed E-state index contributed by atoms with van der Waals surface area (Å²) >= 11 is 5.29. The molecule has 116 valence electrons. The Labute approximate surface area is 138 Å². The first-order chi connectivity index (χ1) is 10.5. The number of hydrogen-bond donors (Lipinski definition) is 2. The summed E-state index contributed by atoms with van der Waals surface area (Å²) in [5.41, 5.74) is 8.59. The van der Waals surface area contributed by atoms with Gasteiger partial charge in [0.2, 0.25) is 0 Å². The third-order valence-electron chi connectivity index (χ3n) is 3.90. The van der Waals surface area contributed by atoms with Gasteiger partial charge in [0.15, 0.2) is 5.11 Å². The molecule has 0 unspecified atom stereocenters. The van der Waals surface area contributed by atoms with Gasteiger partial charge in [0.05, 0.1) is 5.71 Å². The first-order valence-electron chi connectivity index (χ1n) is 7.48. The summed E-state index contributed by atoms with van der Waals surface area (Å²) in [6.45, 7) is 10.3. The molecule has 0 heterocycles. The molecular formula is C18H23N3S. The van der Waals surface area contributed by atoms with E-state index in [-0.39, 0.29) is 0 Å². The van der Waals surface area contributed by atoms with Crippen LogP contribution in [0.2, 0.25) is 0 Å². The van der Waals surface area contributed by atoms with E-state index in [1.807, 2.05) is 24.3 Å². The molecule has 0 fully saturated rings. The lowest BCUT2D eigenvalue weighted by Gasteiger charge is -2.22. The lowest BCUT2D eigenvalue weighted by atomic mass is 9.85. The summed E-state index contributed by atoms with van der Waals surface area (Å²) in [5.74, 6) is 0.475. The van der Waals surface area contributed by atoms with Crippen LogP contribution in [0.5, 0.6) is 0 Å². The zero-order valence-electron chi connectivity index (χ0n) is 13.4. The van der Waals surface area contributed by atoms with Crippen molar-refractivity contribution >= 4 is 28.7 Å². The molecule has 0 spiro atoms. The normalized spacial score (nSPS) is 19.5. The van der Waals surface area contributed by atoms with Crippen LogP contribution in [0.25, 0.3) is 0 Å². The Balaban J connectivity index is 1.96. The van der Waals surface area contributed by atoms with Crippen molar-refractivity contribution in [2.24, 2.45) is 11.0 Å². The predicted octanol–water partition coefficient (Wildman–Crippen LogP) is 4.57. The highest BCUT2D eigenvalue weighted by Crippen LogP contribution is 2.26.